The fraction of sp³-hybridized carbons (Fsp3) is 0.200. The van der Waals surface area contributed by atoms with Crippen LogP contribution in [-0.2, 0) is 9.59 Å². The summed E-state index contributed by atoms with van der Waals surface area (Å²) < 4.78 is 0. The van der Waals surface area contributed by atoms with Gasteiger partial charge in [-0.15, -0.1) is 0 Å². The summed E-state index contributed by atoms with van der Waals surface area (Å²) >= 11 is 1.24. The van der Waals surface area contributed by atoms with Crippen LogP contribution in [0, 0.1) is 6.92 Å². The van der Waals surface area contributed by atoms with Crippen LogP contribution in [0.25, 0.3) is 0 Å². The Morgan fingerprint density at radius 1 is 1.19 bits per heavy atom. The van der Waals surface area contributed by atoms with Crippen molar-refractivity contribution in [1.82, 2.24) is 9.97 Å². The number of benzene rings is 1. The van der Waals surface area contributed by atoms with Gasteiger partial charge in [0.1, 0.15) is 5.25 Å². The Labute approximate surface area is 126 Å². The highest BCUT2D eigenvalue weighted by atomic mass is 32.2. The van der Waals surface area contributed by atoms with Gasteiger partial charge in [0.05, 0.1) is 5.69 Å². The van der Waals surface area contributed by atoms with Crippen molar-refractivity contribution in [3.8, 4) is 0 Å². The van der Waals surface area contributed by atoms with Crippen LogP contribution in [-0.4, -0.2) is 27.0 Å². The van der Waals surface area contributed by atoms with E-state index < -0.39 is 5.25 Å². The van der Waals surface area contributed by atoms with Crippen LogP contribution in [0.1, 0.15) is 12.1 Å². The number of imide groups is 1. The van der Waals surface area contributed by atoms with E-state index in [1.807, 2.05) is 13.0 Å². The van der Waals surface area contributed by atoms with E-state index in [4.69, 9.17) is 0 Å². The summed E-state index contributed by atoms with van der Waals surface area (Å²) in [5, 5.41) is 0.0653. The third-order valence-corrected chi connectivity index (χ3v) is 4.20. The number of nitrogens with zero attached hydrogens (tertiary/aromatic N) is 3. The van der Waals surface area contributed by atoms with Crippen molar-refractivity contribution >= 4 is 29.3 Å². The molecule has 1 aliphatic rings. The molecule has 1 fully saturated rings. The van der Waals surface area contributed by atoms with Crippen LogP contribution >= 0.6 is 11.8 Å². The third-order valence-electron chi connectivity index (χ3n) is 3.14. The summed E-state index contributed by atoms with van der Waals surface area (Å²) in [6, 6.07) is 10.8. The molecule has 1 aromatic carbocycles. The third kappa shape index (κ3) is 2.80. The van der Waals surface area contributed by atoms with Crippen LogP contribution in [0.5, 0.6) is 0 Å². The maximum Gasteiger partial charge on any atom is 0.247 e. The zero-order valence-corrected chi connectivity index (χ0v) is 12.2. The number of aromatic nitrogens is 2. The van der Waals surface area contributed by atoms with Gasteiger partial charge in [-0.2, -0.15) is 0 Å². The van der Waals surface area contributed by atoms with Crippen molar-refractivity contribution < 1.29 is 9.59 Å². The Bertz CT molecular complexity index is 690. The molecule has 6 heteroatoms. The standard InChI is InChI=1S/C15H13N3O2S/c1-10-7-8-16-15(17-10)21-12-9-13(19)18(14(12)20)11-5-3-2-4-6-11/h2-8,12H,9H2,1H3/t12-/m0/s1. The number of rotatable bonds is 3. The predicted molar refractivity (Wildman–Crippen MR) is 80.0 cm³/mol. The summed E-state index contributed by atoms with van der Waals surface area (Å²) in [5.41, 5.74) is 1.45. The van der Waals surface area contributed by atoms with Crippen molar-refractivity contribution in [2.24, 2.45) is 0 Å². The highest BCUT2D eigenvalue weighted by molar-refractivity contribution is 8.00. The van der Waals surface area contributed by atoms with Crippen molar-refractivity contribution in [2.75, 3.05) is 4.90 Å². The lowest BCUT2D eigenvalue weighted by molar-refractivity contribution is -0.121. The number of anilines is 1. The van der Waals surface area contributed by atoms with Gasteiger partial charge in [-0.3, -0.25) is 9.59 Å². The number of hydrogen-bond acceptors (Lipinski definition) is 5. The van der Waals surface area contributed by atoms with Gasteiger partial charge in [-0.05, 0) is 25.1 Å². The molecule has 1 aliphatic heterocycles. The predicted octanol–water partition coefficient (Wildman–Crippen LogP) is 2.21. The molecule has 1 aromatic heterocycles. The molecular weight excluding hydrogens is 286 g/mol. The molecule has 1 atom stereocenters. The van der Waals surface area contributed by atoms with Gasteiger partial charge in [0.25, 0.3) is 0 Å². The highest BCUT2D eigenvalue weighted by Gasteiger charge is 2.40. The van der Waals surface area contributed by atoms with Gasteiger partial charge in [0.2, 0.25) is 11.8 Å². The number of carbonyl (C=O) groups is 2. The second-order valence-electron chi connectivity index (χ2n) is 4.69. The largest absolute Gasteiger partial charge is 0.274 e. The molecule has 0 N–H and O–H groups in total. The van der Waals surface area contributed by atoms with E-state index in [2.05, 4.69) is 9.97 Å². The van der Waals surface area contributed by atoms with Crippen LogP contribution in [0.2, 0.25) is 0 Å². The van der Waals surface area contributed by atoms with Crippen LogP contribution < -0.4 is 4.90 Å². The Hall–Kier alpha value is -2.21. The Balaban J connectivity index is 1.81. The average Bonchev–Trinajstić information content (AvgIpc) is 2.74. The second-order valence-corrected chi connectivity index (χ2v) is 5.86. The topological polar surface area (TPSA) is 63.2 Å². The van der Waals surface area contributed by atoms with E-state index in [0.29, 0.717) is 10.8 Å². The van der Waals surface area contributed by atoms with E-state index in [1.165, 1.54) is 16.7 Å². The van der Waals surface area contributed by atoms with Gasteiger partial charge < -0.3 is 0 Å². The molecule has 0 aliphatic carbocycles. The van der Waals surface area contributed by atoms with E-state index in [9.17, 15) is 9.59 Å². The van der Waals surface area contributed by atoms with Gasteiger partial charge in [-0.1, -0.05) is 30.0 Å². The molecule has 0 bridgehead atoms. The lowest BCUT2D eigenvalue weighted by Crippen LogP contribution is -2.31. The normalized spacial score (nSPS) is 18.3. The minimum Gasteiger partial charge on any atom is -0.274 e. The molecule has 2 heterocycles. The molecule has 0 unspecified atom stereocenters. The molecule has 0 radical (unpaired) electrons. The van der Waals surface area contributed by atoms with E-state index in [-0.39, 0.29) is 18.2 Å². The monoisotopic (exact) mass is 299 g/mol. The summed E-state index contributed by atoms with van der Waals surface area (Å²) in [5.74, 6) is -0.391. The van der Waals surface area contributed by atoms with Gasteiger partial charge in [0, 0.05) is 18.3 Å². The number of hydrogen-bond donors (Lipinski definition) is 0. The first-order valence-electron chi connectivity index (χ1n) is 6.53. The Morgan fingerprint density at radius 2 is 1.95 bits per heavy atom. The first-order valence-corrected chi connectivity index (χ1v) is 7.41. The molecule has 0 saturated carbocycles. The lowest BCUT2D eigenvalue weighted by atomic mass is 10.3. The van der Waals surface area contributed by atoms with Crippen LogP contribution in [0.3, 0.4) is 0 Å². The maximum atomic E-state index is 12.4. The molecule has 5 nitrogen and oxygen atoms in total. The molecule has 3 rings (SSSR count). The number of para-hydroxylation sites is 1. The summed E-state index contributed by atoms with van der Waals surface area (Å²) in [6.07, 6.45) is 1.83. The minimum absolute atomic E-state index is 0.176. The maximum absolute atomic E-state index is 12.4. The molecule has 21 heavy (non-hydrogen) atoms. The zero-order valence-electron chi connectivity index (χ0n) is 11.4. The van der Waals surface area contributed by atoms with E-state index in [0.717, 1.165) is 5.69 Å². The summed E-state index contributed by atoms with van der Waals surface area (Å²) in [7, 11) is 0. The smallest absolute Gasteiger partial charge is 0.247 e. The molecule has 0 spiro atoms. The molecule has 1 saturated heterocycles. The van der Waals surface area contributed by atoms with Gasteiger partial charge in [-0.25, -0.2) is 14.9 Å². The number of thioether (sulfide) groups is 1. The molecule has 2 aromatic rings. The van der Waals surface area contributed by atoms with Crippen LogP contribution in [0.15, 0.2) is 47.8 Å². The first kappa shape index (κ1) is 13.8. The zero-order chi connectivity index (χ0) is 14.8. The summed E-state index contributed by atoms with van der Waals surface area (Å²) in [4.78, 5) is 34.2. The SMILES string of the molecule is Cc1ccnc(S[C@H]2CC(=O)N(c3ccccc3)C2=O)n1. The molecule has 2 amide bonds. The fourth-order valence-electron chi connectivity index (χ4n) is 2.15. The minimum atomic E-state index is -0.459. The van der Waals surface area contributed by atoms with Gasteiger partial charge in [0.15, 0.2) is 5.16 Å². The Kier molecular flexibility index (Phi) is 3.70. The number of amides is 2. The first-order chi connectivity index (χ1) is 10.1. The van der Waals surface area contributed by atoms with Crippen molar-refractivity contribution in [1.29, 1.82) is 0 Å². The number of carbonyl (C=O) groups excluding carboxylic acids is 2. The van der Waals surface area contributed by atoms with Crippen molar-refractivity contribution in [3.05, 3.63) is 48.3 Å². The summed E-state index contributed by atoms with van der Waals surface area (Å²) in [6.45, 7) is 1.86. The Morgan fingerprint density at radius 3 is 2.67 bits per heavy atom. The highest BCUT2D eigenvalue weighted by Crippen LogP contribution is 2.32. The van der Waals surface area contributed by atoms with Gasteiger partial charge >= 0.3 is 0 Å². The van der Waals surface area contributed by atoms with Crippen molar-refractivity contribution in [2.45, 2.75) is 23.8 Å². The molecular formula is C15H13N3O2S. The fourth-order valence-corrected chi connectivity index (χ4v) is 3.16. The van der Waals surface area contributed by atoms with E-state index >= 15 is 0 Å². The van der Waals surface area contributed by atoms with Crippen LogP contribution in [0.4, 0.5) is 5.69 Å². The lowest BCUT2D eigenvalue weighted by Gasteiger charge is -2.14. The quantitative estimate of drug-likeness (QED) is 0.642. The second kappa shape index (κ2) is 5.65. The van der Waals surface area contributed by atoms with Crippen molar-refractivity contribution in [3.63, 3.8) is 0 Å². The number of aryl methyl sites for hydroxylation is 1. The molecule has 106 valence electrons. The van der Waals surface area contributed by atoms with E-state index in [1.54, 1.807) is 36.5 Å². The average molecular weight is 299 g/mol.